The van der Waals surface area contributed by atoms with E-state index in [1.807, 2.05) is 0 Å². The number of anilines is 1. The van der Waals surface area contributed by atoms with E-state index in [4.69, 9.17) is 0 Å². The molecule has 1 N–H and O–H groups in total. The summed E-state index contributed by atoms with van der Waals surface area (Å²) in [6.07, 6.45) is 0. The molecular formula is C13H10BrI2N. The molecular weight excluding hydrogens is 504 g/mol. The zero-order chi connectivity index (χ0) is 12.3. The Labute approximate surface area is 137 Å². The monoisotopic (exact) mass is 513 g/mol. The van der Waals surface area contributed by atoms with Crippen LogP contribution in [0.2, 0.25) is 0 Å². The van der Waals surface area contributed by atoms with Crippen molar-refractivity contribution in [2.75, 3.05) is 5.32 Å². The summed E-state index contributed by atoms with van der Waals surface area (Å²) in [6.45, 7) is 0.843. The fourth-order valence-electron chi connectivity index (χ4n) is 1.48. The highest BCUT2D eigenvalue weighted by atomic mass is 127. The third kappa shape index (κ3) is 4.10. The van der Waals surface area contributed by atoms with Crippen molar-refractivity contribution in [1.29, 1.82) is 0 Å². The van der Waals surface area contributed by atoms with E-state index in [2.05, 4.69) is 109 Å². The van der Waals surface area contributed by atoms with E-state index in [1.54, 1.807) is 0 Å². The van der Waals surface area contributed by atoms with Crippen molar-refractivity contribution in [2.24, 2.45) is 0 Å². The molecule has 2 rings (SSSR count). The quantitative estimate of drug-likeness (QED) is 0.551. The highest BCUT2D eigenvalue weighted by Crippen LogP contribution is 2.25. The standard InChI is InChI=1S/C13H10BrI2N/c14-12-5-4-11(16)7-13(12)17-8-9-2-1-3-10(15)6-9/h1-7,17H,8H2. The molecule has 0 spiro atoms. The van der Waals surface area contributed by atoms with Gasteiger partial charge in [0.2, 0.25) is 0 Å². The van der Waals surface area contributed by atoms with E-state index in [0.29, 0.717) is 0 Å². The van der Waals surface area contributed by atoms with Gasteiger partial charge in [-0.25, -0.2) is 0 Å². The minimum atomic E-state index is 0.843. The molecule has 0 heterocycles. The van der Waals surface area contributed by atoms with E-state index >= 15 is 0 Å². The van der Waals surface area contributed by atoms with Crippen LogP contribution >= 0.6 is 61.1 Å². The predicted molar refractivity (Wildman–Crippen MR) is 93.3 cm³/mol. The van der Waals surface area contributed by atoms with Crippen molar-refractivity contribution in [1.82, 2.24) is 0 Å². The minimum absolute atomic E-state index is 0.843. The van der Waals surface area contributed by atoms with Crippen LogP contribution in [0.3, 0.4) is 0 Å². The molecule has 0 fully saturated rings. The van der Waals surface area contributed by atoms with Gasteiger partial charge in [-0.1, -0.05) is 12.1 Å². The van der Waals surface area contributed by atoms with Gasteiger partial charge in [0, 0.05) is 23.8 Å². The number of nitrogens with one attached hydrogen (secondary N) is 1. The summed E-state index contributed by atoms with van der Waals surface area (Å²) >= 11 is 8.20. The molecule has 17 heavy (non-hydrogen) atoms. The van der Waals surface area contributed by atoms with Crippen molar-refractivity contribution in [3.05, 3.63) is 59.6 Å². The molecule has 0 bridgehead atoms. The lowest BCUT2D eigenvalue weighted by molar-refractivity contribution is 1.14. The predicted octanol–water partition coefficient (Wildman–Crippen LogP) is 5.27. The number of halogens is 3. The zero-order valence-electron chi connectivity index (χ0n) is 8.88. The third-order valence-electron chi connectivity index (χ3n) is 2.30. The van der Waals surface area contributed by atoms with Crippen LogP contribution in [0.1, 0.15) is 5.56 Å². The van der Waals surface area contributed by atoms with Gasteiger partial charge in [0.15, 0.2) is 0 Å². The highest BCUT2D eigenvalue weighted by Gasteiger charge is 2.00. The molecule has 2 aromatic rings. The van der Waals surface area contributed by atoms with Crippen LogP contribution in [0.15, 0.2) is 46.9 Å². The Kier molecular flexibility index (Phi) is 5.10. The van der Waals surface area contributed by atoms with Crippen LogP contribution in [0, 0.1) is 7.14 Å². The summed E-state index contributed by atoms with van der Waals surface area (Å²) < 4.78 is 3.60. The molecule has 4 heteroatoms. The van der Waals surface area contributed by atoms with Gasteiger partial charge in [-0.3, -0.25) is 0 Å². The van der Waals surface area contributed by atoms with Crippen molar-refractivity contribution >= 4 is 66.8 Å². The normalized spacial score (nSPS) is 10.3. The van der Waals surface area contributed by atoms with Crippen molar-refractivity contribution < 1.29 is 0 Å². The molecule has 0 saturated heterocycles. The molecule has 0 aliphatic rings. The van der Waals surface area contributed by atoms with Crippen LogP contribution in [0.5, 0.6) is 0 Å². The second kappa shape index (κ2) is 6.38. The van der Waals surface area contributed by atoms with Gasteiger partial charge in [0.1, 0.15) is 0 Å². The van der Waals surface area contributed by atoms with Gasteiger partial charge in [0.25, 0.3) is 0 Å². The first-order chi connectivity index (χ1) is 8.15. The summed E-state index contributed by atoms with van der Waals surface area (Å²) in [4.78, 5) is 0. The van der Waals surface area contributed by atoms with Gasteiger partial charge in [-0.15, -0.1) is 0 Å². The molecule has 0 saturated carbocycles. The lowest BCUT2D eigenvalue weighted by atomic mass is 10.2. The first kappa shape index (κ1) is 13.6. The third-order valence-corrected chi connectivity index (χ3v) is 4.33. The molecule has 1 nitrogen and oxygen atoms in total. The van der Waals surface area contributed by atoms with Crippen LogP contribution in [-0.4, -0.2) is 0 Å². The first-order valence-electron chi connectivity index (χ1n) is 5.08. The van der Waals surface area contributed by atoms with Crippen LogP contribution < -0.4 is 5.32 Å². The van der Waals surface area contributed by atoms with Gasteiger partial charge in [-0.2, -0.15) is 0 Å². The SMILES string of the molecule is Brc1ccc(I)cc1NCc1cccc(I)c1. The topological polar surface area (TPSA) is 12.0 Å². The summed E-state index contributed by atoms with van der Waals surface area (Å²) in [5.74, 6) is 0. The Morgan fingerprint density at radius 3 is 2.53 bits per heavy atom. The van der Waals surface area contributed by atoms with Crippen molar-refractivity contribution in [3.63, 3.8) is 0 Å². The molecule has 0 amide bonds. The molecule has 0 radical (unpaired) electrons. The Balaban J connectivity index is 2.09. The van der Waals surface area contributed by atoms with E-state index in [0.717, 1.165) is 16.7 Å². The molecule has 0 aliphatic heterocycles. The second-order valence-electron chi connectivity index (χ2n) is 3.61. The summed E-state index contributed by atoms with van der Waals surface area (Å²) in [7, 11) is 0. The molecule has 0 aromatic heterocycles. The van der Waals surface area contributed by atoms with Gasteiger partial charge in [-0.05, 0) is 97.0 Å². The van der Waals surface area contributed by atoms with Crippen molar-refractivity contribution in [3.8, 4) is 0 Å². The lowest BCUT2D eigenvalue weighted by Gasteiger charge is -2.09. The number of rotatable bonds is 3. The maximum absolute atomic E-state index is 3.55. The van der Waals surface area contributed by atoms with E-state index in [-0.39, 0.29) is 0 Å². The number of benzene rings is 2. The average Bonchev–Trinajstić information content (AvgIpc) is 2.30. The van der Waals surface area contributed by atoms with Crippen LogP contribution in [-0.2, 0) is 6.54 Å². The Bertz CT molecular complexity index is 529. The van der Waals surface area contributed by atoms with Crippen LogP contribution in [0.25, 0.3) is 0 Å². The average molecular weight is 514 g/mol. The second-order valence-corrected chi connectivity index (χ2v) is 6.95. The number of hydrogen-bond donors (Lipinski definition) is 1. The van der Waals surface area contributed by atoms with Gasteiger partial charge >= 0.3 is 0 Å². The molecule has 0 atom stereocenters. The number of hydrogen-bond acceptors (Lipinski definition) is 1. The van der Waals surface area contributed by atoms with E-state index in [1.165, 1.54) is 12.7 Å². The van der Waals surface area contributed by atoms with Gasteiger partial charge < -0.3 is 5.32 Å². The maximum atomic E-state index is 3.55. The zero-order valence-corrected chi connectivity index (χ0v) is 14.8. The summed E-state index contributed by atoms with van der Waals surface area (Å²) in [6, 6.07) is 14.8. The summed E-state index contributed by atoms with van der Waals surface area (Å²) in [5, 5.41) is 3.44. The minimum Gasteiger partial charge on any atom is -0.380 e. The van der Waals surface area contributed by atoms with E-state index in [9.17, 15) is 0 Å². The van der Waals surface area contributed by atoms with E-state index < -0.39 is 0 Å². The smallest absolute Gasteiger partial charge is 0.0497 e. The first-order valence-corrected chi connectivity index (χ1v) is 8.03. The van der Waals surface area contributed by atoms with Crippen LogP contribution in [0.4, 0.5) is 5.69 Å². The lowest BCUT2D eigenvalue weighted by Crippen LogP contribution is -2.00. The van der Waals surface area contributed by atoms with Crippen molar-refractivity contribution in [2.45, 2.75) is 6.54 Å². The summed E-state index contributed by atoms with van der Waals surface area (Å²) in [5.41, 5.74) is 2.43. The fraction of sp³-hybridized carbons (Fsp3) is 0.0769. The molecule has 0 aliphatic carbocycles. The Morgan fingerprint density at radius 1 is 1.00 bits per heavy atom. The molecule has 88 valence electrons. The largest absolute Gasteiger partial charge is 0.380 e. The van der Waals surface area contributed by atoms with Gasteiger partial charge in [0.05, 0.1) is 0 Å². The molecule has 0 unspecified atom stereocenters. The highest BCUT2D eigenvalue weighted by molar-refractivity contribution is 14.1. The maximum Gasteiger partial charge on any atom is 0.0497 e. The fourth-order valence-corrected chi connectivity index (χ4v) is 2.96. The Hall–Kier alpha value is 0.180. The molecule has 2 aromatic carbocycles. The Morgan fingerprint density at radius 2 is 1.76 bits per heavy atom.